The molecular weight excluding hydrogens is 316 g/mol. The molecule has 0 heterocycles. The lowest BCUT2D eigenvalue weighted by atomic mass is 10.1. The summed E-state index contributed by atoms with van der Waals surface area (Å²) in [5.41, 5.74) is 2.06. The fourth-order valence-electron chi connectivity index (χ4n) is 2.06. The molecule has 0 fully saturated rings. The number of hydrogen-bond donors (Lipinski definition) is 1. The highest BCUT2D eigenvalue weighted by Gasteiger charge is 2.13. The molecule has 2 aromatic carbocycles. The van der Waals surface area contributed by atoms with Crippen LogP contribution in [0.4, 0.5) is 11.4 Å². The third kappa shape index (κ3) is 3.87. The van der Waals surface area contributed by atoms with E-state index in [1.165, 1.54) is 14.2 Å². The molecule has 2 aromatic rings. The number of halogens is 1. The highest BCUT2D eigenvalue weighted by molar-refractivity contribution is 6.32. The Balaban J connectivity index is 2.25. The van der Waals surface area contributed by atoms with Gasteiger partial charge in [0.2, 0.25) is 0 Å². The molecule has 0 saturated heterocycles. The van der Waals surface area contributed by atoms with Gasteiger partial charge in [-0.25, -0.2) is 0 Å². The summed E-state index contributed by atoms with van der Waals surface area (Å²) in [6.45, 7) is 0. The minimum Gasteiger partial charge on any atom is -0.495 e. The Bertz CT molecular complexity index is 700. The number of nitrogens with one attached hydrogen (secondary N) is 1. The number of benzene rings is 2. The SMILES string of the molecule is COc1cc(NC(=O)c2ccc(N(C)C)cc2)c(OC)cc1Cl. The number of methoxy groups -OCH3 is 2. The maximum Gasteiger partial charge on any atom is 0.255 e. The van der Waals surface area contributed by atoms with Gasteiger partial charge in [-0.05, 0) is 24.3 Å². The molecule has 0 aromatic heterocycles. The smallest absolute Gasteiger partial charge is 0.255 e. The van der Waals surface area contributed by atoms with E-state index in [1.54, 1.807) is 24.3 Å². The van der Waals surface area contributed by atoms with Gasteiger partial charge in [0.05, 0.1) is 24.9 Å². The van der Waals surface area contributed by atoms with Crippen LogP contribution < -0.4 is 19.7 Å². The molecule has 0 unspecified atom stereocenters. The van der Waals surface area contributed by atoms with Crippen LogP contribution in [0.3, 0.4) is 0 Å². The topological polar surface area (TPSA) is 50.8 Å². The van der Waals surface area contributed by atoms with E-state index in [-0.39, 0.29) is 5.91 Å². The third-order valence-electron chi connectivity index (χ3n) is 3.37. The molecule has 122 valence electrons. The monoisotopic (exact) mass is 334 g/mol. The Labute approximate surface area is 140 Å². The summed E-state index contributed by atoms with van der Waals surface area (Å²) in [7, 11) is 6.92. The molecule has 0 spiro atoms. The Kier molecular flexibility index (Phi) is 5.34. The zero-order valence-corrected chi connectivity index (χ0v) is 14.3. The van der Waals surface area contributed by atoms with Crippen molar-refractivity contribution in [2.24, 2.45) is 0 Å². The second-order valence-electron chi connectivity index (χ2n) is 5.08. The molecule has 2 rings (SSSR count). The summed E-state index contributed by atoms with van der Waals surface area (Å²) < 4.78 is 10.4. The fourth-order valence-corrected chi connectivity index (χ4v) is 2.29. The molecular formula is C17H19ClN2O3. The van der Waals surface area contributed by atoms with E-state index >= 15 is 0 Å². The quantitative estimate of drug-likeness (QED) is 0.906. The lowest BCUT2D eigenvalue weighted by Gasteiger charge is -2.14. The number of ether oxygens (including phenoxy) is 2. The van der Waals surface area contributed by atoms with Crippen molar-refractivity contribution in [2.75, 3.05) is 38.5 Å². The first kappa shape index (κ1) is 17.0. The molecule has 0 saturated carbocycles. The van der Waals surface area contributed by atoms with Crippen molar-refractivity contribution >= 4 is 28.9 Å². The van der Waals surface area contributed by atoms with Gasteiger partial charge < -0.3 is 19.7 Å². The van der Waals surface area contributed by atoms with Gasteiger partial charge in [0.25, 0.3) is 5.91 Å². The molecule has 0 atom stereocenters. The lowest BCUT2D eigenvalue weighted by Crippen LogP contribution is -2.14. The van der Waals surface area contributed by atoms with Crippen molar-refractivity contribution in [3.8, 4) is 11.5 Å². The summed E-state index contributed by atoms with van der Waals surface area (Å²) in [5, 5.41) is 3.23. The van der Waals surface area contributed by atoms with Crippen molar-refractivity contribution in [3.05, 3.63) is 47.0 Å². The van der Waals surface area contributed by atoms with Crippen molar-refractivity contribution < 1.29 is 14.3 Å². The maximum atomic E-state index is 12.4. The summed E-state index contributed by atoms with van der Waals surface area (Å²) in [6, 6.07) is 10.5. The third-order valence-corrected chi connectivity index (χ3v) is 3.66. The number of hydrogen-bond acceptors (Lipinski definition) is 4. The van der Waals surface area contributed by atoms with Crippen LogP contribution >= 0.6 is 11.6 Å². The lowest BCUT2D eigenvalue weighted by molar-refractivity contribution is 0.102. The second-order valence-corrected chi connectivity index (χ2v) is 5.49. The molecule has 0 radical (unpaired) electrons. The minimum atomic E-state index is -0.238. The van der Waals surface area contributed by atoms with Crippen LogP contribution in [0.25, 0.3) is 0 Å². The van der Waals surface area contributed by atoms with Gasteiger partial charge in [-0.3, -0.25) is 4.79 Å². The predicted molar refractivity (Wildman–Crippen MR) is 93.3 cm³/mol. The van der Waals surface area contributed by atoms with Crippen LogP contribution in [0.5, 0.6) is 11.5 Å². The number of carbonyl (C=O) groups excluding carboxylic acids is 1. The van der Waals surface area contributed by atoms with Crippen LogP contribution in [-0.4, -0.2) is 34.2 Å². The van der Waals surface area contributed by atoms with E-state index in [0.29, 0.717) is 27.8 Å². The zero-order chi connectivity index (χ0) is 17.0. The van der Waals surface area contributed by atoms with Gasteiger partial charge >= 0.3 is 0 Å². The first-order chi connectivity index (χ1) is 11.0. The van der Waals surface area contributed by atoms with E-state index in [1.807, 2.05) is 31.1 Å². The number of anilines is 2. The number of carbonyl (C=O) groups is 1. The number of rotatable bonds is 5. The Hall–Kier alpha value is -2.40. The number of nitrogens with zero attached hydrogens (tertiary/aromatic N) is 1. The molecule has 0 aliphatic heterocycles. The standard InChI is InChI=1S/C17H19ClN2O3/c1-20(2)12-7-5-11(6-8-12)17(21)19-14-10-15(22-3)13(18)9-16(14)23-4/h5-10H,1-4H3,(H,19,21). The average molecular weight is 335 g/mol. The highest BCUT2D eigenvalue weighted by Crippen LogP contribution is 2.36. The average Bonchev–Trinajstić information content (AvgIpc) is 2.55. The molecule has 6 heteroatoms. The Morgan fingerprint density at radius 3 is 2.17 bits per heavy atom. The Morgan fingerprint density at radius 2 is 1.65 bits per heavy atom. The summed E-state index contributed by atoms with van der Waals surface area (Å²) in [4.78, 5) is 14.4. The molecule has 0 aliphatic carbocycles. The summed E-state index contributed by atoms with van der Waals surface area (Å²) in [5.74, 6) is 0.692. The van der Waals surface area contributed by atoms with E-state index < -0.39 is 0 Å². The van der Waals surface area contributed by atoms with Crippen LogP contribution in [0, 0.1) is 0 Å². The van der Waals surface area contributed by atoms with Crippen molar-refractivity contribution in [3.63, 3.8) is 0 Å². The predicted octanol–water partition coefficient (Wildman–Crippen LogP) is 3.68. The van der Waals surface area contributed by atoms with E-state index in [4.69, 9.17) is 21.1 Å². The number of amides is 1. The normalized spacial score (nSPS) is 10.1. The molecule has 5 nitrogen and oxygen atoms in total. The molecule has 1 amide bonds. The van der Waals surface area contributed by atoms with Gasteiger partial charge in [-0.1, -0.05) is 11.6 Å². The first-order valence-corrected chi connectivity index (χ1v) is 7.34. The molecule has 23 heavy (non-hydrogen) atoms. The Morgan fingerprint density at radius 1 is 1.04 bits per heavy atom. The molecule has 0 bridgehead atoms. The van der Waals surface area contributed by atoms with Gasteiger partial charge in [-0.2, -0.15) is 0 Å². The molecule has 0 aliphatic rings. The second kappa shape index (κ2) is 7.24. The van der Waals surface area contributed by atoms with Gasteiger partial charge in [0.15, 0.2) is 0 Å². The van der Waals surface area contributed by atoms with Crippen LogP contribution in [-0.2, 0) is 0 Å². The zero-order valence-electron chi connectivity index (χ0n) is 13.5. The molecule has 1 N–H and O–H groups in total. The van der Waals surface area contributed by atoms with E-state index in [0.717, 1.165) is 5.69 Å². The fraction of sp³-hybridized carbons (Fsp3) is 0.235. The highest BCUT2D eigenvalue weighted by atomic mass is 35.5. The van der Waals surface area contributed by atoms with Gasteiger partial charge in [-0.15, -0.1) is 0 Å². The van der Waals surface area contributed by atoms with Crippen LogP contribution in [0.2, 0.25) is 5.02 Å². The van der Waals surface area contributed by atoms with Crippen molar-refractivity contribution in [2.45, 2.75) is 0 Å². The van der Waals surface area contributed by atoms with Crippen molar-refractivity contribution in [1.82, 2.24) is 0 Å². The van der Waals surface area contributed by atoms with E-state index in [2.05, 4.69) is 5.32 Å². The van der Waals surface area contributed by atoms with Gasteiger partial charge in [0.1, 0.15) is 11.5 Å². The van der Waals surface area contributed by atoms with Crippen LogP contribution in [0.15, 0.2) is 36.4 Å². The summed E-state index contributed by atoms with van der Waals surface area (Å²) >= 11 is 6.06. The maximum absolute atomic E-state index is 12.4. The van der Waals surface area contributed by atoms with Gasteiger partial charge in [0, 0.05) is 37.5 Å². The minimum absolute atomic E-state index is 0.238. The largest absolute Gasteiger partial charge is 0.495 e. The van der Waals surface area contributed by atoms with Crippen LogP contribution in [0.1, 0.15) is 10.4 Å². The first-order valence-electron chi connectivity index (χ1n) is 6.96. The van der Waals surface area contributed by atoms with Crippen molar-refractivity contribution in [1.29, 1.82) is 0 Å². The van der Waals surface area contributed by atoms with E-state index in [9.17, 15) is 4.79 Å². The summed E-state index contributed by atoms with van der Waals surface area (Å²) in [6.07, 6.45) is 0.